The Balaban J connectivity index is 0.00000169. The molecule has 0 saturated carbocycles. The van der Waals surface area contributed by atoms with Crippen molar-refractivity contribution < 1.29 is 35.5 Å². The van der Waals surface area contributed by atoms with Crippen LogP contribution in [0.3, 0.4) is 0 Å². The topological polar surface area (TPSA) is 213 Å². The minimum atomic E-state index is -4.59. The van der Waals surface area contributed by atoms with E-state index < -0.39 is 41.6 Å². The second-order valence-electron chi connectivity index (χ2n) is 5.02. The van der Waals surface area contributed by atoms with E-state index in [0.29, 0.717) is 0 Å². The maximum absolute atomic E-state index is 12.5. The molecule has 1 aliphatic rings. The van der Waals surface area contributed by atoms with Gasteiger partial charge in [-0.25, -0.2) is 0 Å². The predicted molar refractivity (Wildman–Crippen MR) is 89.4 cm³/mol. The van der Waals surface area contributed by atoms with Gasteiger partial charge in [0.15, 0.2) is 11.6 Å². The average molecular weight is 402 g/mol. The summed E-state index contributed by atoms with van der Waals surface area (Å²) in [5.74, 6) is -1.40. The van der Waals surface area contributed by atoms with Gasteiger partial charge in [0.1, 0.15) is 0 Å². The highest BCUT2D eigenvalue weighted by molar-refractivity contribution is 7.86. The van der Waals surface area contributed by atoms with Crippen molar-refractivity contribution >= 4 is 31.8 Å². The van der Waals surface area contributed by atoms with E-state index in [1.807, 2.05) is 0 Å². The zero-order valence-electron chi connectivity index (χ0n) is 13.0. The molecule has 0 heterocycles. The summed E-state index contributed by atoms with van der Waals surface area (Å²) in [6.45, 7) is 0. The molecular weight excluding hydrogens is 388 g/mol. The van der Waals surface area contributed by atoms with Gasteiger partial charge in [-0.05, 0) is 36.4 Å². The molecule has 0 aromatic heterocycles. The van der Waals surface area contributed by atoms with Crippen LogP contribution in [-0.4, -0.2) is 37.5 Å². The van der Waals surface area contributed by atoms with Crippen molar-refractivity contribution in [1.82, 2.24) is 12.3 Å². The van der Waals surface area contributed by atoms with Crippen LogP contribution < -0.4 is 12.3 Å². The van der Waals surface area contributed by atoms with E-state index in [2.05, 4.69) is 0 Å². The van der Waals surface area contributed by atoms with Crippen molar-refractivity contribution in [2.75, 3.05) is 0 Å². The molecule has 0 fully saturated rings. The number of ketones is 2. The van der Waals surface area contributed by atoms with Crippen LogP contribution in [0.15, 0.2) is 46.2 Å². The zero-order valence-corrected chi connectivity index (χ0v) is 14.7. The maximum atomic E-state index is 12.5. The van der Waals surface area contributed by atoms with Gasteiger partial charge in [-0.1, -0.05) is 0 Å². The van der Waals surface area contributed by atoms with E-state index in [0.717, 1.165) is 36.4 Å². The van der Waals surface area contributed by atoms with Crippen molar-refractivity contribution in [1.29, 1.82) is 0 Å². The van der Waals surface area contributed by atoms with E-state index in [1.165, 1.54) is 0 Å². The highest BCUT2D eigenvalue weighted by Crippen LogP contribution is 2.30. The van der Waals surface area contributed by atoms with Crippen molar-refractivity contribution in [2.45, 2.75) is 9.79 Å². The van der Waals surface area contributed by atoms with Crippen LogP contribution in [0, 0.1) is 0 Å². The summed E-state index contributed by atoms with van der Waals surface area (Å²) in [7, 11) is -9.17. The number of rotatable bonds is 2. The van der Waals surface area contributed by atoms with Gasteiger partial charge in [0.2, 0.25) is 0 Å². The largest absolute Gasteiger partial charge is 0.344 e. The molecule has 0 unspecified atom stereocenters. The van der Waals surface area contributed by atoms with E-state index in [-0.39, 0.29) is 34.6 Å². The molecule has 12 heteroatoms. The Morgan fingerprint density at radius 1 is 0.577 bits per heavy atom. The van der Waals surface area contributed by atoms with Crippen LogP contribution in [0.1, 0.15) is 31.8 Å². The third kappa shape index (κ3) is 3.41. The van der Waals surface area contributed by atoms with Crippen LogP contribution in [0.2, 0.25) is 0 Å². The van der Waals surface area contributed by atoms with Crippen LogP contribution in [0.5, 0.6) is 0 Å². The number of hydrogen-bond donors (Lipinski definition) is 4. The van der Waals surface area contributed by atoms with Gasteiger partial charge in [-0.2, -0.15) is 16.8 Å². The molecule has 0 bridgehead atoms. The number of carbonyl (C=O) groups is 2. The number of carbonyl (C=O) groups excluding carboxylic acids is 2. The third-order valence-electron chi connectivity index (χ3n) is 3.56. The zero-order chi connectivity index (χ0) is 17.9. The summed E-state index contributed by atoms with van der Waals surface area (Å²) in [6, 6.07) is 5.84. The van der Waals surface area contributed by atoms with Crippen LogP contribution in [0.4, 0.5) is 0 Å². The van der Waals surface area contributed by atoms with Crippen molar-refractivity contribution in [2.24, 2.45) is 0 Å². The van der Waals surface area contributed by atoms with E-state index in [4.69, 9.17) is 9.11 Å². The number of hydrogen-bond acceptors (Lipinski definition) is 8. The Morgan fingerprint density at radius 3 is 1.19 bits per heavy atom. The first-order valence-electron chi connectivity index (χ1n) is 6.32. The highest BCUT2D eigenvalue weighted by atomic mass is 32.2. The normalized spacial score (nSPS) is 13.2. The fraction of sp³-hybridized carbons (Fsp3) is 0. The molecule has 140 valence electrons. The average Bonchev–Trinajstić information content (AvgIpc) is 2.49. The van der Waals surface area contributed by atoms with Crippen molar-refractivity contribution in [3.8, 4) is 0 Å². The fourth-order valence-electron chi connectivity index (χ4n) is 2.43. The Bertz CT molecular complexity index is 1050. The summed E-state index contributed by atoms with van der Waals surface area (Å²) in [4.78, 5) is 23.8. The maximum Gasteiger partial charge on any atom is 0.294 e. The minimum Gasteiger partial charge on any atom is -0.344 e. The number of benzene rings is 2. The molecule has 0 amide bonds. The molecule has 3 rings (SSSR count). The first-order chi connectivity index (χ1) is 11.0. The summed E-state index contributed by atoms with van der Waals surface area (Å²) in [6.07, 6.45) is 0. The van der Waals surface area contributed by atoms with Crippen molar-refractivity contribution in [3.05, 3.63) is 58.7 Å². The van der Waals surface area contributed by atoms with Gasteiger partial charge in [-0.15, -0.1) is 0 Å². The van der Waals surface area contributed by atoms with E-state index >= 15 is 0 Å². The Kier molecular flexibility index (Phi) is 5.54. The van der Waals surface area contributed by atoms with Crippen LogP contribution in [-0.2, 0) is 20.2 Å². The second-order valence-corrected chi connectivity index (χ2v) is 7.87. The van der Waals surface area contributed by atoms with Crippen LogP contribution >= 0.6 is 0 Å². The molecule has 8 N–H and O–H groups in total. The lowest BCUT2D eigenvalue weighted by atomic mass is 9.84. The van der Waals surface area contributed by atoms with Gasteiger partial charge in [-0.3, -0.25) is 18.7 Å². The first kappa shape index (κ1) is 21.6. The first-order valence-corrected chi connectivity index (χ1v) is 9.20. The Hall–Kier alpha value is -2.48. The molecular formula is C14H14N2O8S2. The minimum absolute atomic E-state index is 0. The summed E-state index contributed by atoms with van der Waals surface area (Å²) in [5, 5.41) is 0. The highest BCUT2D eigenvalue weighted by Gasteiger charge is 2.32. The molecule has 0 aliphatic heterocycles. The van der Waals surface area contributed by atoms with Gasteiger partial charge in [0, 0.05) is 22.3 Å². The summed E-state index contributed by atoms with van der Waals surface area (Å²) in [5.41, 5.74) is -0.704. The molecule has 0 radical (unpaired) electrons. The molecule has 0 spiro atoms. The molecule has 1 aliphatic carbocycles. The molecule has 2 aromatic carbocycles. The third-order valence-corrected chi connectivity index (χ3v) is 5.26. The predicted octanol–water partition coefficient (Wildman–Crippen LogP) is 1.28. The quantitative estimate of drug-likeness (QED) is 0.450. The summed E-state index contributed by atoms with van der Waals surface area (Å²) < 4.78 is 62.8. The smallest absolute Gasteiger partial charge is 0.294 e. The molecule has 26 heavy (non-hydrogen) atoms. The lowest BCUT2D eigenvalue weighted by Gasteiger charge is -2.18. The standard InChI is InChI=1S/C14H8O8S2.2H3N/c15-13-9-3-1-7(23(17,18)19)5-11(9)14(16)12-6-8(24(20,21)22)2-4-10(12)13;;/h1-6H,(H,17,18,19)(H,20,21,22);2*1H3. The lowest BCUT2D eigenvalue weighted by Crippen LogP contribution is -2.22. The Labute approximate surface area is 148 Å². The fourth-order valence-corrected chi connectivity index (χ4v) is 3.44. The molecule has 2 aromatic rings. The Morgan fingerprint density at radius 2 is 0.885 bits per heavy atom. The van der Waals surface area contributed by atoms with Crippen molar-refractivity contribution in [3.63, 3.8) is 0 Å². The van der Waals surface area contributed by atoms with E-state index in [1.54, 1.807) is 0 Å². The van der Waals surface area contributed by atoms with Gasteiger partial charge >= 0.3 is 0 Å². The van der Waals surface area contributed by atoms with Gasteiger partial charge in [0.05, 0.1) is 9.79 Å². The SMILES string of the molecule is N.N.O=C1c2ccc(S(=O)(=O)O)cc2C(=O)c2cc(S(=O)(=O)O)ccc21. The summed E-state index contributed by atoms with van der Waals surface area (Å²) >= 11 is 0. The molecule has 10 nitrogen and oxygen atoms in total. The second kappa shape index (κ2) is 6.68. The van der Waals surface area contributed by atoms with Crippen LogP contribution in [0.25, 0.3) is 0 Å². The number of fused-ring (bicyclic) bond motifs is 2. The van der Waals surface area contributed by atoms with E-state index in [9.17, 15) is 26.4 Å². The molecule has 0 atom stereocenters. The monoisotopic (exact) mass is 402 g/mol. The van der Waals surface area contributed by atoms with Gasteiger partial charge in [0.25, 0.3) is 20.2 Å². The van der Waals surface area contributed by atoms with Gasteiger partial charge < -0.3 is 12.3 Å². The lowest BCUT2D eigenvalue weighted by molar-refractivity contribution is 0.0978. The molecule has 0 saturated heterocycles.